The van der Waals surface area contributed by atoms with Gasteiger partial charge in [-0.1, -0.05) is 108 Å². The predicted octanol–water partition coefficient (Wildman–Crippen LogP) is 10.3. The average molecular weight is 1020 g/mol. The molecular weight excluding hydrogens is 937 g/mol. The maximum Gasteiger partial charge on any atom is 0.356 e. The molecule has 0 spiro atoms. The molecule has 2 saturated heterocycles. The van der Waals surface area contributed by atoms with Crippen molar-refractivity contribution < 1.29 is 28.9 Å². The van der Waals surface area contributed by atoms with Crippen LogP contribution < -0.4 is 11.1 Å². The van der Waals surface area contributed by atoms with E-state index in [9.17, 15) is 14.7 Å². The van der Waals surface area contributed by atoms with Gasteiger partial charge in [-0.15, -0.1) is 0 Å². The number of aromatic amines is 1. The molecule has 0 radical (unpaired) electrons. The lowest BCUT2D eigenvalue weighted by Gasteiger charge is -2.31. The van der Waals surface area contributed by atoms with Crippen molar-refractivity contribution in [1.82, 2.24) is 39.5 Å². The highest BCUT2D eigenvalue weighted by Gasteiger charge is 2.34. The lowest BCUT2D eigenvalue weighted by atomic mass is 9.76. The Morgan fingerprint density at radius 1 is 0.795 bits per heavy atom. The number of anilines is 2. The van der Waals surface area contributed by atoms with Gasteiger partial charge in [0.1, 0.15) is 6.73 Å². The van der Waals surface area contributed by atoms with Gasteiger partial charge in [0.25, 0.3) is 5.91 Å². The molecule has 4 aliphatic rings. The van der Waals surface area contributed by atoms with Crippen LogP contribution >= 0.6 is 0 Å². The summed E-state index contributed by atoms with van der Waals surface area (Å²) < 4.78 is 22.6. The fourth-order valence-electron chi connectivity index (χ4n) is 10.7. The van der Waals surface area contributed by atoms with E-state index in [1.807, 2.05) is 33.9 Å². The van der Waals surface area contributed by atoms with E-state index in [0.29, 0.717) is 35.6 Å². The van der Waals surface area contributed by atoms with Crippen LogP contribution in [-0.4, -0.2) is 97.6 Å². The first-order valence-electron chi connectivity index (χ1n) is 26.3. The number of carbonyl (C=O) groups is 2. The molecule has 16 nitrogen and oxygen atoms in total. The number of ether oxygens (including phenoxy) is 3. The molecule has 2 aromatic carbocycles. The Bertz CT molecular complexity index is 2730. The number of nitrogens with zero attached hydrogens (tertiary/aromatic N) is 7. The van der Waals surface area contributed by atoms with Crippen LogP contribution in [0.1, 0.15) is 133 Å². The average Bonchev–Trinajstić information content (AvgIpc) is 4.18. The summed E-state index contributed by atoms with van der Waals surface area (Å²) in [4.78, 5) is 24.4. The molecule has 1 amide bonds. The van der Waals surface area contributed by atoms with Crippen molar-refractivity contribution in [3.63, 3.8) is 0 Å². The molecule has 2 aliphatic carbocycles. The topological polar surface area (TPSA) is 202 Å². The molecule has 6 aromatic rings. The largest absolute Gasteiger partial charge is 0.476 e. The number of aromatic nitrogens is 8. The Morgan fingerprint density at radius 3 is 1.89 bits per heavy atom. The highest BCUT2D eigenvalue weighted by Crippen LogP contribution is 2.38. The van der Waals surface area contributed by atoms with E-state index < -0.39 is 14.0 Å². The minimum absolute atomic E-state index is 0.117. The third kappa shape index (κ3) is 14.0. The summed E-state index contributed by atoms with van der Waals surface area (Å²) in [6, 6.07) is 22.5. The lowest BCUT2D eigenvalue weighted by Crippen LogP contribution is -2.27. The zero-order chi connectivity index (χ0) is 51.8. The van der Waals surface area contributed by atoms with Crippen LogP contribution in [0.3, 0.4) is 0 Å². The number of hydrogen-bond acceptors (Lipinski definition) is 10. The van der Waals surface area contributed by atoms with Crippen LogP contribution in [0, 0.1) is 22.7 Å². The van der Waals surface area contributed by atoms with Crippen molar-refractivity contribution >= 4 is 31.3 Å². The van der Waals surface area contributed by atoms with Gasteiger partial charge in [0, 0.05) is 76.0 Å². The number of carboxylic acid groups (broad SMARTS) is 1. The number of H-pyrrole nitrogens is 1. The number of hydrogen-bond donors (Lipinski definition) is 4. The van der Waals surface area contributed by atoms with Crippen LogP contribution in [-0.2, 0) is 46.6 Å². The minimum Gasteiger partial charge on any atom is -0.476 e. The SMILES string of the molecule is CC1(C)CCc2c(C(=O)Nc3cnn(C(c4ccccc4)C4CCOCC4)c3)n[nH]c2C1.CC1(C)CCc2c(C(=O)O)nn(COCC[Si](C)(C)C)c2C1.Nc1cnn(C(c2ccccc2)C2CCOCC2)c1. The molecule has 6 heterocycles. The number of fused-ring (bicyclic) bond motifs is 2. The third-order valence-electron chi connectivity index (χ3n) is 14.9. The Morgan fingerprint density at radius 2 is 1.34 bits per heavy atom. The number of nitrogens with two attached hydrogens (primary N) is 1. The fraction of sp³-hybridized carbons (Fsp3) is 0.536. The van der Waals surface area contributed by atoms with Gasteiger partial charge in [-0.3, -0.25) is 19.3 Å². The molecule has 2 aliphatic heterocycles. The van der Waals surface area contributed by atoms with Crippen molar-refractivity contribution in [3.05, 3.63) is 130 Å². The van der Waals surface area contributed by atoms with Crippen LogP contribution in [0.15, 0.2) is 85.5 Å². The number of amides is 1. The summed E-state index contributed by atoms with van der Waals surface area (Å²) in [7, 11) is -1.11. The van der Waals surface area contributed by atoms with Gasteiger partial charge < -0.3 is 30.4 Å². The molecule has 73 heavy (non-hydrogen) atoms. The maximum absolute atomic E-state index is 13.0. The second-order valence-corrected chi connectivity index (χ2v) is 28.8. The Labute approximate surface area is 431 Å². The molecule has 4 aromatic heterocycles. The Balaban J connectivity index is 0.000000153. The van der Waals surface area contributed by atoms with E-state index >= 15 is 0 Å². The van der Waals surface area contributed by atoms with Gasteiger partial charge in [0.2, 0.25) is 0 Å². The van der Waals surface area contributed by atoms with Crippen molar-refractivity contribution in [3.8, 4) is 0 Å². The molecule has 0 bridgehead atoms. The van der Waals surface area contributed by atoms with Gasteiger partial charge in [0.05, 0.1) is 35.9 Å². The molecule has 2 atom stereocenters. The summed E-state index contributed by atoms with van der Waals surface area (Å²) in [5, 5.41) is 33.2. The van der Waals surface area contributed by atoms with Gasteiger partial charge in [0.15, 0.2) is 11.4 Å². The summed E-state index contributed by atoms with van der Waals surface area (Å²) in [5.74, 6) is -0.118. The van der Waals surface area contributed by atoms with Crippen molar-refractivity contribution in [2.75, 3.05) is 44.1 Å². The lowest BCUT2D eigenvalue weighted by molar-refractivity contribution is 0.0526. The second-order valence-electron chi connectivity index (χ2n) is 23.2. The molecule has 17 heteroatoms. The maximum atomic E-state index is 13.0. The fourth-order valence-corrected chi connectivity index (χ4v) is 11.5. The van der Waals surface area contributed by atoms with Gasteiger partial charge in [-0.25, -0.2) is 9.48 Å². The molecule has 392 valence electrons. The van der Waals surface area contributed by atoms with Crippen LogP contribution in [0.4, 0.5) is 11.4 Å². The number of carbonyl (C=O) groups excluding carboxylic acids is 1. The summed E-state index contributed by atoms with van der Waals surface area (Å²) >= 11 is 0. The third-order valence-corrected chi connectivity index (χ3v) is 16.6. The second kappa shape index (κ2) is 23.5. The molecule has 2 unspecified atom stereocenters. The first kappa shape index (κ1) is 53.4. The van der Waals surface area contributed by atoms with Crippen molar-refractivity contribution in [2.24, 2.45) is 22.7 Å². The van der Waals surface area contributed by atoms with E-state index in [0.717, 1.165) is 126 Å². The number of nitrogen functional groups attached to an aromatic ring is 1. The number of rotatable bonds is 14. The summed E-state index contributed by atoms with van der Waals surface area (Å²) in [6.07, 6.45) is 16.9. The quantitative estimate of drug-likeness (QED) is 0.0597. The van der Waals surface area contributed by atoms with E-state index in [1.165, 1.54) is 11.1 Å². The van der Waals surface area contributed by atoms with E-state index in [1.54, 1.807) is 17.1 Å². The monoisotopic (exact) mass is 1010 g/mol. The standard InChI is InChI=1S/C25H31N5O2.C16H28N2O3Si.C15H19N3O/c1-25(2)11-8-20-21(14-25)28-29-22(20)24(31)27-19-15-26-30(16-19)23(17-6-4-3-5-7-17)18-9-12-32-13-10-18;1-16(2)7-6-12-13(10-16)18(17-14(12)15(19)20)11-21-8-9-22(3,4)5;16-14-10-17-18(11-14)15(12-4-2-1-3-5-12)13-6-8-19-9-7-13/h3-7,15-16,18,23H,8-14H2,1-2H3,(H,27,31)(H,28,29);6-11H2,1-5H3,(H,19,20);1-5,10-11,13,15H,6-9,16H2. The predicted molar refractivity (Wildman–Crippen MR) is 287 cm³/mol. The van der Waals surface area contributed by atoms with Gasteiger partial charge in [-0.05, 0) is 104 Å². The van der Waals surface area contributed by atoms with Crippen molar-refractivity contribution in [1.29, 1.82) is 0 Å². The van der Waals surface area contributed by atoms with Crippen LogP contribution in [0.5, 0.6) is 0 Å². The summed E-state index contributed by atoms with van der Waals surface area (Å²) in [6.45, 7) is 20.2. The zero-order valence-electron chi connectivity index (χ0n) is 44.1. The van der Waals surface area contributed by atoms with E-state index in [4.69, 9.17) is 19.9 Å². The first-order chi connectivity index (χ1) is 34.9. The van der Waals surface area contributed by atoms with Gasteiger partial charge >= 0.3 is 5.97 Å². The smallest absolute Gasteiger partial charge is 0.356 e. The number of aromatic carboxylic acids is 1. The van der Waals surface area contributed by atoms with E-state index in [2.05, 4.69) is 127 Å². The molecular formula is C56H78N10O6Si. The van der Waals surface area contributed by atoms with E-state index in [-0.39, 0.29) is 34.5 Å². The Kier molecular flexibility index (Phi) is 17.2. The van der Waals surface area contributed by atoms with Crippen molar-refractivity contribution in [2.45, 2.75) is 136 Å². The molecule has 0 saturated carbocycles. The summed E-state index contributed by atoms with van der Waals surface area (Å²) in [5.41, 5.74) is 15.0. The number of carboxylic acids is 1. The van der Waals surface area contributed by atoms with Crippen LogP contribution in [0.25, 0.3) is 0 Å². The zero-order valence-corrected chi connectivity index (χ0v) is 45.1. The van der Waals surface area contributed by atoms with Crippen LogP contribution in [0.2, 0.25) is 25.7 Å². The highest BCUT2D eigenvalue weighted by molar-refractivity contribution is 6.76. The number of benzene rings is 2. The Hall–Kier alpha value is -5.88. The van der Waals surface area contributed by atoms with Gasteiger partial charge in [-0.2, -0.15) is 20.4 Å². The minimum atomic E-state index is -1.11. The highest BCUT2D eigenvalue weighted by atomic mass is 28.3. The first-order valence-corrected chi connectivity index (χ1v) is 30.0. The molecule has 10 rings (SSSR count). The molecule has 2 fully saturated rings. The normalized spacial score (nSPS) is 18.5. The number of nitrogens with one attached hydrogen (secondary N) is 2. The molecule has 5 N–H and O–H groups in total.